The second-order valence-electron chi connectivity index (χ2n) is 3.32. The first-order valence-corrected chi connectivity index (χ1v) is 4.67. The fourth-order valence-corrected chi connectivity index (χ4v) is 1.37. The first kappa shape index (κ1) is 10.2. The van der Waals surface area contributed by atoms with E-state index >= 15 is 0 Å². The van der Waals surface area contributed by atoms with Gasteiger partial charge in [0.15, 0.2) is 5.84 Å². The highest BCUT2D eigenvalue weighted by molar-refractivity contribution is 5.98. The van der Waals surface area contributed by atoms with Crippen molar-refractivity contribution >= 4 is 5.84 Å². The monoisotopic (exact) mass is 217 g/mol. The molecule has 0 aliphatic rings. The lowest BCUT2D eigenvalue weighted by atomic mass is 10.3. The molecule has 16 heavy (non-hydrogen) atoms. The third-order valence-electron chi connectivity index (χ3n) is 2.10. The van der Waals surface area contributed by atoms with Crippen LogP contribution in [0.25, 0.3) is 5.69 Å². The summed E-state index contributed by atoms with van der Waals surface area (Å²) in [6.45, 7) is 1.93. The Kier molecular flexibility index (Phi) is 2.55. The Morgan fingerprint density at radius 1 is 1.56 bits per heavy atom. The van der Waals surface area contributed by atoms with E-state index in [9.17, 15) is 0 Å². The summed E-state index contributed by atoms with van der Waals surface area (Å²) < 4.78 is 1.63. The molecule has 3 N–H and O–H groups in total. The van der Waals surface area contributed by atoms with Crippen molar-refractivity contribution in [3.05, 3.63) is 42.0 Å². The maximum absolute atomic E-state index is 8.66. The number of hydrogen-bond acceptors (Lipinski definition) is 4. The van der Waals surface area contributed by atoms with Crippen molar-refractivity contribution in [2.75, 3.05) is 0 Å². The number of nitrogens with two attached hydrogens (primary N) is 1. The van der Waals surface area contributed by atoms with Crippen molar-refractivity contribution in [3.63, 3.8) is 0 Å². The van der Waals surface area contributed by atoms with E-state index in [2.05, 4.69) is 15.2 Å². The number of nitrogens with zero attached hydrogens (tertiary/aromatic N) is 4. The SMILES string of the molecule is Cc1cnn(-c2cccnc2/C(N)=N/O)c1. The van der Waals surface area contributed by atoms with Gasteiger partial charge in [0.2, 0.25) is 0 Å². The van der Waals surface area contributed by atoms with Gasteiger partial charge < -0.3 is 10.9 Å². The molecule has 2 aromatic heterocycles. The van der Waals surface area contributed by atoms with Gasteiger partial charge in [0.1, 0.15) is 5.69 Å². The fraction of sp³-hybridized carbons (Fsp3) is 0.100. The van der Waals surface area contributed by atoms with E-state index in [1.807, 2.05) is 13.1 Å². The van der Waals surface area contributed by atoms with Gasteiger partial charge in [-0.2, -0.15) is 5.10 Å². The number of hydrogen-bond donors (Lipinski definition) is 2. The van der Waals surface area contributed by atoms with E-state index in [1.54, 1.807) is 29.2 Å². The molecule has 2 aromatic rings. The third kappa shape index (κ3) is 1.72. The molecule has 82 valence electrons. The Hall–Kier alpha value is -2.37. The zero-order valence-corrected chi connectivity index (χ0v) is 8.70. The minimum Gasteiger partial charge on any atom is -0.409 e. The summed E-state index contributed by atoms with van der Waals surface area (Å²) in [6, 6.07) is 3.56. The van der Waals surface area contributed by atoms with Crippen LogP contribution in [0.3, 0.4) is 0 Å². The summed E-state index contributed by atoms with van der Waals surface area (Å²) >= 11 is 0. The van der Waals surface area contributed by atoms with Crippen molar-refractivity contribution in [3.8, 4) is 5.69 Å². The molecule has 0 aliphatic carbocycles. The first-order chi connectivity index (χ1) is 7.72. The molecule has 0 fully saturated rings. The third-order valence-corrected chi connectivity index (χ3v) is 2.10. The van der Waals surface area contributed by atoms with Crippen LogP contribution in [0.2, 0.25) is 0 Å². The summed E-state index contributed by atoms with van der Waals surface area (Å²) in [5.41, 5.74) is 7.63. The maximum atomic E-state index is 8.66. The van der Waals surface area contributed by atoms with Gasteiger partial charge in [-0.15, -0.1) is 0 Å². The Balaban J connectivity index is 2.57. The topological polar surface area (TPSA) is 89.3 Å². The molecule has 0 saturated heterocycles. The molecule has 0 radical (unpaired) electrons. The molecule has 6 nitrogen and oxygen atoms in total. The van der Waals surface area contributed by atoms with Crippen LogP contribution >= 0.6 is 0 Å². The number of oxime groups is 1. The molecule has 2 rings (SSSR count). The van der Waals surface area contributed by atoms with E-state index in [1.165, 1.54) is 0 Å². The fourth-order valence-electron chi connectivity index (χ4n) is 1.37. The largest absolute Gasteiger partial charge is 0.409 e. The van der Waals surface area contributed by atoms with Crippen LogP contribution in [0.5, 0.6) is 0 Å². The van der Waals surface area contributed by atoms with E-state index in [0.29, 0.717) is 11.4 Å². The molecule has 0 atom stereocenters. The molecule has 6 heteroatoms. The van der Waals surface area contributed by atoms with Crippen molar-refractivity contribution in [2.45, 2.75) is 6.92 Å². The molecule has 0 amide bonds. The van der Waals surface area contributed by atoms with Gasteiger partial charge in [-0.1, -0.05) is 5.16 Å². The van der Waals surface area contributed by atoms with Gasteiger partial charge in [0.25, 0.3) is 0 Å². The summed E-state index contributed by atoms with van der Waals surface area (Å²) in [5, 5.41) is 15.7. The van der Waals surface area contributed by atoms with Crippen LogP contribution in [0, 0.1) is 6.92 Å². The van der Waals surface area contributed by atoms with Crippen LogP contribution in [0.1, 0.15) is 11.3 Å². The van der Waals surface area contributed by atoms with E-state index in [-0.39, 0.29) is 5.84 Å². The smallest absolute Gasteiger partial charge is 0.190 e. The van der Waals surface area contributed by atoms with Crippen molar-refractivity contribution in [1.82, 2.24) is 14.8 Å². The molecule has 2 heterocycles. The van der Waals surface area contributed by atoms with Crippen LogP contribution in [0.15, 0.2) is 35.9 Å². The Morgan fingerprint density at radius 2 is 2.38 bits per heavy atom. The van der Waals surface area contributed by atoms with Crippen molar-refractivity contribution in [1.29, 1.82) is 0 Å². The van der Waals surface area contributed by atoms with E-state index < -0.39 is 0 Å². The zero-order chi connectivity index (χ0) is 11.5. The average Bonchev–Trinajstić information content (AvgIpc) is 2.75. The Morgan fingerprint density at radius 3 is 3.00 bits per heavy atom. The molecule has 0 unspecified atom stereocenters. The van der Waals surface area contributed by atoms with Crippen LogP contribution in [-0.2, 0) is 0 Å². The normalized spacial score (nSPS) is 11.7. The zero-order valence-electron chi connectivity index (χ0n) is 8.70. The Labute approximate surface area is 92.0 Å². The average molecular weight is 217 g/mol. The standard InChI is InChI=1S/C10H11N5O/c1-7-5-13-15(6-7)8-3-2-4-12-9(8)10(11)14-16/h2-6,16H,1H3,(H2,11,14). The summed E-state index contributed by atoms with van der Waals surface area (Å²) in [4.78, 5) is 4.06. The highest BCUT2D eigenvalue weighted by Gasteiger charge is 2.10. The van der Waals surface area contributed by atoms with Crippen molar-refractivity contribution < 1.29 is 5.21 Å². The van der Waals surface area contributed by atoms with Crippen molar-refractivity contribution in [2.24, 2.45) is 10.9 Å². The van der Waals surface area contributed by atoms with Crippen LogP contribution in [-0.4, -0.2) is 25.8 Å². The minimum atomic E-state index is -0.0382. The predicted molar refractivity (Wildman–Crippen MR) is 58.6 cm³/mol. The van der Waals surface area contributed by atoms with Crippen LogP contribution in [0.4, 0.5) is 0 Å². The Bertz CT molecular complexity index is 532. The first-order valence-electron chi connectivity index (χ1n) is 4.67. The van der Waals surface area contributed by atoms with Gasteiger partial charge in [0.05, 0.1) is 11.9 Å². The number of amidine groups is 1. The van der Waals surface area contributed by atoms with Crippen LogP contribution < -0.4 is 5.73 Å². The maximum Gasteiger partial charge on any atom is 0.190 e. The number of rotatable bonds is 2. The van der Waals surface area contributed by atoms with Gasteiger partial charge >= 0.3 is 0 Å². The lowest BCUT2D eigenvalue weighted by Crippen LogP contribution is -2.18. The number of aromatic nitrogens is 3. The highest BCUT2D eigenvalue weighted by atomic mass is 16.4. The molecule has 0 aromatic carbocycles. The quantitative estimate of drug-likeness (QED) is 0.335. The predicted octanol–water partition coefficient (Wildman–Crippen LogP) is 0.670. The molecular formula is C10H11N5O. The molecule has 0 saturated carbocycles. The molecule has 0 spiro atoms. The number of aryl methyl sites for hydroxylation is 1. The second kappa shape index (κ2) is 4.01. The lowest BCUT2D eigenvalue weighted by Gasteiger charge is -2.06. The van der Waals surface area contributed by atoms with E-state index in [0.717, 1.165) is 5.56 Å². The summed E-state index contributed by atoms with van der Waals surface area (Å²) in [7, 11) is 0. The minimum absolute atomic E-state index is 0.0382. The van der Waals surface area contributed by atoms with Gasteiger partial charge in [-0.25, -0.2) is 4.68 Å². The highest BCUT2D eigenvalue weighted by Crippen LogP contribution is 2.11. The number of pyridine rings is 1. The van der Waals surface area contributed by atoms with E-state index in [4.69, 9.17) is 10.9 Å². The lowest BCUT2D eigenvalue weighted by molar-refractivity contribution is 0.318. The summed E-state index contributed by atoms with van der Waals surface area (Å²) in [6.07, 6.45) is 5.14. The van der Waals surface area contributed by atoms with Gasteiger partial charge in [-0.05, 0) is 24.6 Å². The van der Waals surface area contributed by atoms with Gasteiger partial charge in [0, 0.05) is 12.4 Å². The second-order valence-corrected chi connectivity index (χ2v) is 3.32. The molecular weight excluding hydrogens is 206 g/mol. The molecule has 0 bridgehead atoms. The summed E-state index contributed by atoms with van der Waals surface area (Å²) in [5.74, 6) is -0.0382. The van der Waals surface area contributed by atoms with Gasteiger partial charge in [-0.3, -0.25) is 4.98 Å². The molecule has 0 aliphatic heterocycles.